The predicted molar refractivity (Wildman–Crippen MR) is 127 cm³/mol. The minimum atomic E-state index is -0.307. The summed E-state index contributed by atoms with van der Waals surface area (Å²) in [5.74, 6) is 0.201. The summed E-state index contributed by atoms with van der Waals surface area (Å²) >= 11 is 1.10. The summed E-state index contributed by atoms with van der Waals surface area (Å²) in [5, 5.41) is 13.5. The standard InChI is InChI=1S/C24H27N3O4S/c1-4-5-9-19-22(29)26-24(27(23(19)30)20-10-7-6-8-16(20)2)32-15-21(28)25-17-11-13-18(31-3)14-12-17/h6-8,10-14,29H,4-5,9,15H2,1-3H3,(H,25,28). The molecule has 0 fully saturated rings. The zero-order valence-electron chi connectivity index (χ0n) is 18.4. The van der Waals surface area contributed by atoms with Gasteiger partial charge in [-0.05, 0) is 55.7 Å². The van der Waals surface area contributed by atoms with E-state index in [9.17, 15) is 14.7 Å². The van der Waals surface area contributed by atoms with Crippen LogP contribution in [-0.4, -0.2) is 33.4 Å². The first-order valence-corrected chi connectivity index (χ1v) is 11.4. The maximum absolute atomic E-state index is 13.3. The van der Waals surface area contributed by atoms with Crippen molar-refractivity contribution in [3.8, 4) is 17.3 Å². The van der Waals surface area contributed by atoms with Gasteiger partial charge in [-0.15, -0.1) is 0 Å². The molecule has 0 aliphatic carbocycles. The molecule has 1 heterocycles. The van der Waals surface area contributed by atoms with Crippen LogP contribution in [0.25, 0.3) is 5.69 Å². The lowest BCUT2D eigenvalue weighted by molar-refractivity contribution is -0.113. The number of benzene rings is 2. The second kappa shape index (κ2) is 10.9. The van der Waals surface area contributed by atoms with Gasteiger partial charge in [-0.25, -0.2) is 0 Å². The second-order valence-electron chi connectivity index (χ2n) is 7.29. The number of aryl methyl sites for hydroxylation is 1. The zero-order valence-corrected chi connectivity index (χ0v) is 19.2. The monoisotopic (exact) mass is 453 g/mol. The quantitative estimate of drug-likeness (QED) is 0.370. The van der Waals surface area contributed by atoms with Crippen molar-refractivity contribution in [1.82, 2.24) is 9.55 Å². The molecule has 0 saturated heterocycles. The Morgan fingerprint density at radius 3 is 2.56 bits per heavy atom. The summed E-state index contributed by atoms with van der Waals surface area (Å²) in [7, 11) is 1.58. The molecule has 3 rings (SSSR count). The molecule has 2 N–H and O–H groups in total. The van der Waals surface area contributed by atoms with Crippen molar-refractivity contribution < 1.29 is 14.6 Å². The van der Waals surface area contributed by atoms with Crippen LogP contribution < -0.4 is 15.6 Å². The molecule has 0 bridgehead atoms. The van der Waals surface area contributed by atoms with Crippen LogP contribution in [0.2, 0.25) is 0 Å². The third-order valence-corrected chi connectivity index (χ3v) is 5.91. The number of hydrogen-bond acceptors (Lipinski definition) is 6. The second-order valence-corrected chi connectivity index (χ2v) is 8.23. The Bertz CT molecular complexity index is 1140. The number of aromatic nitrogens is 2. The minimum absolute atomic E-state index is 0.0259. The van der Waals surface area contributed by atoms with Crippen LogP contribution in [0.15, 0.2) is 58.5 Å². The Morgan fingerprint density at radius 1 is 1.19 bits per heavy atom. The fraction of sp³-hybridized carbons (Fsp3) is 0.292. The highest BCUT2D eigenvalue weighted by Crippen LogP contribution is 2.25. The van der Waals surface area contributed by atoms with Crippen LogP contribution in [0.1, 0.15) is 30.9 Å². The van der Waals surface area contributed by atoms with Gasteiger partial charge in [0.15, 0.2) is 5.16 Å². The number of unbranched alkanes of at least 4 members (excludes halogenated alkanes) is 1. The van der Waals surface area contributed by atoms with Gasteiger partial charge in [-0.2, -0.15) is 4.98 Å². The highest BCUT2D eigenvalue weighted by Gasteiger charge is 2.19. The number of methoxy groups -OCH3 is 1. The molecule has 32 heavy (non-hydrogen) atoms. The van der Waals surface area contributed by atoms with Gasteiger partial charge in [0.1, 0.15) is 5.75 Å². The van der Waals surface area contributed by atoms with Crippen molar-refractivity contribution in [3.63, 3.8) is 0 Å². The molecule has 0 aliphatic rings. The van der Waals surface area contributed by atoms with E-state index in [1.54, 1.807) is 31.4 Å². The molecule has 7 nitrogen and oxygen atoms in total. The van der Waals surface area contributed by atoms with E-state index in [0.29, 0.717) is 29.1 Å². The zero-order chi connectivity index (χ0) is 23.1. The molecule has 8 heteroatoms. The van der Waals surface area contributed by atoms with E-state index >= 15 is 0 Å². The van der Waals surface area contributed by atoms with Crippen LogP contribution >= 0.6 is 11.8 Å². The molecule has 0 aliphatic heterocycles. The number of aromatic hydroxyl groups is 1. The normalized spacial score (nSPS) is 10.7. The lowest BCUT2D eigenvalue weighted by Crippen LogP contribution is -2.26. The van der Waals surface area contributed by atoms with Gasteiger partial charge in [0.05, 0.1) is 24.1 Å². The summed E-state index contributed by atoms with van der Waals surface area (Å²) < 4.78 is 6.61. The summed E-state index contributed by atoms with van der Waals surface area (Å²) in [6, 6.07) is 14.5. The van der Waals surface area contributed by atoms with E-state index in [1.165, 1.54) is 4.57 Å². The number of carbonyl (C=O) groups excluding carboxylic acids is 1. The summed E-state index contributed by atoms with van der Waals surface area (Å²) in [6.45, 7) is 3.93. The van der Waals surface area contributed by atoms with E-state index in [0.717, 1.165) is 30.2 Å². The first-order valence-electron chi connectivity index (χ1n) is 10.4. The van der Waals surface area contributed by atoms with Crippen molar-refractivity contribution in [1.29, 1.82) is 0 Å². The number of anilines is 1. The van der Waals surface area contributed by atoms with Crippen molar-refractivity contribution in [3.05, 3.63) is 70.0 Å². The molecular weight excluding hydrogens is 426 g/mol. The number of para-hydroxylation sites is 1. The summed E-state index contributed by atoms with van der Waals surface area (Å²) in [4.78, 5) is 30.1. The fourth-order valence-electron chi connectivity index (χ4n) is 3.22. The van der Waals surface area contributed by atoms with Gasteiger partial charge >= 0.3 is 0 Å². The molecule has 0 atom stereocenters. The Morgan fingerprint density at radius 2 is 1.91 bits per heavy atom. The number of nitrogens with one attached hydrogen (secondary N) is 1. The smallest absolute Gasteiger partial charge is 0.265 e. The van der Waals surface area contributed by atoms with Gasteiger partial charge in [0.25, 0.3) is 5.56 Å². The Labute approximate surface area is 191 Å². The molecule has 3 aromatic rings. The lowest BCUT2D eigenvalue weighted by Gasteiger charge is -2.16. The fourth-order valence-corrected chi connectivity index (χ4v) is 4.02. The van der Waals surface area contributed by atoms with E-state index in [-0.39, 0.29) is 28.3 Å². The number of rotatable bonds is 9. The maximum Gasteiger partial charge on any atom is 0.265 e. The maximum atomic E-state index is 13.3. The van der Waals surface area contributed by atoms with E-state index in [1.807, 2.05) is 38.1 Å². The Kier molecular flexibility index (Phi) is 7.94. The highest BCUT2D eigenvalue weighted by atomic mass is 32.2. The molecule has 0 radical (unpaired) electrons. The SMILES string of the molecule is CCCCc1c(O)nc(SCC(=O)Nc2ccc(OC)cc2)n(-c2ccccc2C)c1=O. The van der Waals surface area contributed by atoms with Gasteiger partial charge in [-0.3, -0.25) is 14.2 Å². The Hall–Kier alpha value is -3.26. The van der Waals surface area contributed by atoms with Crippen LogP contribution in [0.5, 0.6) is 11.6 Å². The van der Waals surface area contributed by atoms with Crippen molar-refractivity contribution in [2.75, 3.05) is 18.2 Å². The third-order valence-electron chi connectivity index (χ3n) is 4.97. The highest BCUT2D eigenvalue weighted by molar-refractivity contribution is 7.99. The van der Waals surface area contributed by atoms with Gasteiger partial charge < -0.3 is 15.2 Å². The van der Waals surface area contributed by atoms with Crippen LogP contribution in [-0.2, 0) is 11.2 Å². The topological polar surface area (TPSA) is 93.4 Å². The summed E-state index contributed by atoms with van der Waals surface area (Å²) in [6.07, 6.45) is 2.11. The van der Waals surface area contributed by atoms with E-state index < -0.39 is 0 Å². The Balaban J connectivity index is 1.88. The predicted octanol–water partition coefficient (Wildman–Crippen LogP) is 4.33. The average Bonchev–Trinajstić information content (AvgIpc) is 2.79. The molecule has 2 aromatic carbocycles. The van der Waals surface area contributed by atoms with Crippen LogP contribution in [0.4, 0.5) is 5.69 Å². The van der Waals surface area contributed by atoms with Crippen molar-refractivity contribution in [2.45, 2.75) is 38.3 Å². The lowest BCUT2D eigenvalue weighted by atomic mass is 10.1. The number of ether oxygens (including phenoxy) is 1. The molecule has 1 amide bonds. The van der Waals surface area contributed by atoms with Crippen molar-refractivity contribution >= 4 is 23.4 Å². The molecule has 1 aromatic heterocycles. The van der Waals surface area contributed by atoms with Crippen LogP contribution in [0, 0.1) is 6.92 Å². The van der Waals surface area contributed by atoms with Gasteiger partial charge in [0.2, 0.25) is 11.8 Å². The van der Waals surface area contributed by atoms with Crippen molar-refractivity contribution in [2.24, 2.45) is 0 Å². The van der Waals surface area contributed by atoms with Gasteiger partial charge in [-0.1, -0.05) is 43.3 Å². The van der Waals surface area contributed by atoms with Crippen LogP contribution in [0.3, 0.4) is 0 Å². The molecule has 0 unspecified atom stereocenters. The largest absolute Gasteiger partial charge is 0.497 e. The number of carbonyl (C=O) groups is 1. The average molecular weight is 454 g/mol. The number of nitrogens with zero attached hydrogens (tertiary/aromatic N) is 2. The molecule has 168 valence electrons. The number of thioether (sulfide) groups is 1. The molecule has 0 spiro atoms. The third kappa shape index (κ3) is 5.50. The molecular formula is C24H27N3O4S. The van der Waals surface area contributed by atoms with E-state index in [2.05, 4.69) is 10.3 Å². The number of amides is 1. The molecule has 0 saturated carbocycles. The first-order chi connectivity index (χ1) is 15.4. The minimum Gasteiger partial charge on any atom is -0.497 e. The van der Waals surface area contributed by atoms with E-state index in [4.69, 9.17) is 4.74 Å². The van der Waals surface area contributed by atoms with Gasteiger partial charge in [0, 0.05) is 5.69 Å². The number of hydrogen-bond donors (Lipinski definition) is 2. The summed E-state index contributed by atoms with van der Waals surface area (Å²) in [5.41, 5.74) is 2.20. The first kappa shape index (κ1) is 23.4.